The van der Waals surface area contributed by atoms with E-state index in [1.807, 2.05) is 0 Å². The summed E-state index contributed by atoms with van der Waals surface area (Å²) in [6.45, 7) is 0. The van der Waals surface area contributed by atoms with E-state index in [-0.39, 0.29) is 0 Å². The first-order valence-electron chi connectivity index (χ1n) is 16.6. The maximum absolute atomic E-state index is 3.78. The van der Waals surface area contributed by atoms with Gasteiger partial charge in [-0.25, -0.2) is 0 Å². The Morgan fingerprint density at radius 3 is 1.68 bits per heavy atom. The summed E-state index contributed by atoms with van der Waals surface area (Å²) in [6, 6.07) is 58.2. The van der Waals surface area contributed by atoms with Gasteiger partial charge in [0.1, 0.15) is 0 Å². The van der Waals surface area contributed by atoms with Crippen LogP contribution in [0.4, 0.5) is 0 Å². The molecule has 1 nitrogen and oxygen atoms in total. The Morgan fingerprint density at radius 2 is 0.936 bits per heavy atom. The van der Waals surface area contributed by atoms with Crippen molar-refractivity contribution in [1.82, 2.24) is 4.98 Å². The molecule has 1 heteroatoms. The lowest BCUT2D eigenvalue weighted by molar-refractivity contribution is 0.948. The van der Waals surface area contributed by atoms with Crippen LogP contribution in [0.2, 0.25) is 0 Å². The molecule has 1 aliphatic rings. The van der Waals surface area contributed by atoms with Gasteiger partial charge in [-0.05, 0) is 102 Å². The summed E-state index contributed by atoms with van der Waals surface area (Å²) < 4.78 is 0. The second kappa shape index (κ2) is 10.3. The molecule has 8 aromatic carbocycles. The summed E-state index contributed by atoms with van der Waals surface area (Å²) >= 11 is 0. The number of hydrogen-bond acceptors (Lipinski definition) is 0. The molecule has 0 saturated carbocycles. The van der Waals surface area contributed by atoms with Crippen LogP contribution >= 0.6 is 0 Å². The summed E-state index contributed by atoms with van der Waals surface area (Å²) in [5.41, 5.74) is 14.3. The molecule has 0 fully saturated rings. The van der Waals surface area contributed by atoms with Crippen LogP contribution in [0.1, 0.15) is 11.1 Å². The monoisotopic (exact) mass is 597 g/mol. The highest BCUT2D eigenvalue weighted by atomic mass is 14.7. The molecule has 0 atom stereocenters. The van der Waals surface area contributed by atoms with E-state index in [2.05, 4.69) is 163 Å². The van der Waals surface area contributed by atoms with E-state index in [4.69, 9.17) is 0 Å². The van der Waals surface area contributed by atoms with Gasteiger partial charge < -0.3 is 4.98 Å². The molecule has 1 heterocycles. The van der Waals surface area contributed by atoms with Crippen molar-refractivity contribution in [1.29, 1.82) is 0 Å². The SMILES string of the molecule is c1ccc2c(c1)CCc1c-2[nH]c2ccc(-c3c4ccccc4c(-c4ccc(-c5cccc6ccccc56)cc4)c4ccccc34)cc12. The van der Waals surface area contributed by atoms with Crippen molar-refractivity contribution < 1.29 is 0 Å². The van der Waals surface area contributed by atoms with E-state index < -0.39 is 0 Å². The molecule has 220 valence electrons. The molecule has 0 saturated heterocycles. The van der Waals surface area contributed by atoms with Gasteiger partial charge in [-0.2, -0.15) is 0 Å². The molecule has 10 rings (SSSR count). The zero-order chi connectivity index (χ0) is 30.9. The first-order chi connectivity index (χ1) is 23.3. The number of fused-ring (bicyclic) bond motifs is 8. The molecule has 47 heavy (non-hydrogen) atoms. The van der Waals surface area contributed by atoms with Crippen molar-refractivity contribution in [2.24, 2.45) is 0 Å². The number of rotatable bonds is 3. The highest BCUT2D eigenvalue weighted by Crippen LogP contribution is 2.46. The highest BCUT2D eigenvalue weighted by Gasteiger charge is 2.22. The number of aromatic amines is 1. The lowest BCUT2D eigenvalue weighted by atomic mass is 9.85. The van der Waals surface area contributed by atoms with Crippen LogP contribution in [-0.2, 0) is 12.8 Å². The van der Waals surface area contributed by atoms with Crippen LogP contribution in [0.5, 0.6) is 0 Å². The van der Waals surface area contributed by atoms with Gasteiger partial charge in [0.15, 0.2) is 0 Å². The number of H-pyrrole nitrogens is 1. The molecular weight excluding hydrogens is 567 g/mol. The lowest BCUT2D eigenvalue weighted by Crippen LogP contribution is -2.02. The van der Waals surface area contributed by atoms with E-state index >= 15 is 0 Å². The van der Waals surface area contributed by atoms with Crippen molar-refractivity contribution in [3.63, 3.8) is 0 Å². The predicted octanol–water partition coefficient (Wildman–Crippen LogP) is 12.4. The lowest BCUT2D eigenvalue weighted by Gasteiger charge is -2.18. The van der Waals surface area contributed by atoms with E-state index in [1.54, 1.807) is 0 Å². The fourth-order valence-electron chi connectivity index (χ4n) is 8.18. The van der Waals surface area contributed by atoms with Crippen LogP contribution in [0.15, 0.2) is 158 Å². The Morgan fingerprint density at radius 1 is 0.383 bits per heavy atom. The first kappa shape index (κ1) is 26.3. The van der Waals surface area contributed by atoms with E-state index in [0.717, 1.165) is 12.8 Å². The third-order valence-corrected chi connectivity index (χ3v) is 10.3. The average Bonchev–Trinajstić information content (AvgIpc) is 3.52. The smallest absolute Gasteiger partial charge is 0.0500 e. The normalized spacial score (nSPS) is 12.5. The Balaban J connectivity index is 1.17. The number of hydrogen-bond donors (Lipinski definition) is 1. The third-order valence-electron chi connectivity index (χ3n) is 10.3. The van der Waals surface area contributed by atoms with E-state index in [1.165, 1.54) is 99.0 Å². The molecule has 0 amide bonds. The fourth-order valence-corrected chi connectivity index (χ4v) is 8.18. The van der Waals surface area contributed by atoms with E-state index in [9.17, 15) is 0 Å². The van der Waals surface area contributed by atoms with Crippen molar-refractivity contribution >= 4 is 43.2 Å². The summed E-state index contributed by atoms with van der Waals surface area (Å²) in [6.07, 6.45) is 2.14. The van der Waals surface area contributed by atoms with Crippen LogP contribution in [0, 0.1) is 0 Å². The Kier molecular flexibility index (Phi) is 5.77. The van der Waals surface area contributed by atoms with Crippen LogP contribution in [0.25, 0.3) is 87.9 Å². The second-order valence-electron chi connectivity index (χ2n) is 12.8. The quantitative estimate of drug-likeness (QED) is 0.195. The van der Waals surface area contributed by atoms with Gasteiger partial charge >= 0.3 is 0 Å². The Bertz CT molecular complexity index is 2610. The third kappa shape index (κ3) is 4.03. The number of aromatic nitrogens is 1. The van der Waals surface area contributed by atoms with Crippen molar-refractivity contribution in [3.05, 3.63) is 169 Å². The van der Waals surface area contributed by atoms with Crippen molar-refractivity contribution in [2.75, 3.05) is 0 Å². The standard InChI is InChI=1S/C46H31N/c1-3-13-34-29(10-1)12-9-19-35(34)31-20-22-32(23-21-31)44-37-15-5-7-17-39(37)45(40-18-8-6-16-38(40)44)33-25-27-43-42(28-33)41-26-24-30-11-2-4-14-36(30)46(41)47-43/h1-23,25,27-28,47H,24,26H2. The van der Waals surface area contributed by atoms with Gasteiger partial charge in [0.25, 0.3) is 0 Å². The molecule has 0 aliphatic heterocycles. The minimum absolute atomic E-state index is 1.06. The van der Waals surface area contributed by atoms with Crippen LogP contribution in [-0.4, -0.2) is 4.98 Å². The van der Waals surface area contributed by atoms with Crippen molar-refractivity contribution in [3.8, 4) is 44.6 Å². The maximum Gasteiger partial charge on any atom is 0.0500 e. The van der Waals surface area contributed by atoms with Gasteiger partial charge in [-0.15, -0.1) is 0 Å². The zero-order valence-electron chi connectivity index (χ0n) is 25.9. The van der Waals surface area contributed by atoms with Gasteiger partial charge in [-0.3, -0.25) is 0 Å². The summed E-state index contributed by atoms with van der Waals surface area (Å²) in [7, 11) is 0. The molecule has 0 unspecified atom stereocenters. The fraction of sp³-hybridized carbons (Fsp3) is 0.0435. The number of nitrogens with one attached hydrogen (secondary N) is 1. The van der Waals surface area contributed by atoms with Gasteiger partial charge in [0.2, 0.25) is 0 Å². The molecule has 1 aromatic heterocycles. The topological polar surface area (TPSA) is 15.8 Å². The Hall–Kier alpha value is -5.92. The first-order valence-corrected chi connectivity index (χ1v) is 16.6. The Labute approximate surface area is 273 Å². The predicted molar refractivity (Wildman–Crippen MR) is 200 cm³/mol. The summed E-state index contributed by atoms with van der Waals surface area (Å²) in [4.78, 5) is 3.78. The summed E-state index contributed by atoms with van der Waals surface area (Å²) in [5.74, 6) is 0. The number of aryl methyl sites for hydroxylation is 2. The molecule has 9 aromatic rings. The maximum atomic E-state index is 3.78. The highest BCUT2D eigenvalue weighted by molar-refractivity contribution is 6.22. The minimum Gasteiger partial charge on any atom is -0.354 e. The number of benzene rings is 8. The van der Waals surface area contributed by atoms with Crippen LogP contribution in [0.3, 0.4) is 0 Å². The average molecular weight is 598 g/mol. The largest absolute Gasteiger partial charge is 0.354 e. The second-order valence-corrected chi connectivity index (χ2v) is 12.8. The van der Waals surface area contributed by atoms with Crippen molar-refractivity contribution in [2.45, 2.75) is 12.8 Å². The zero-order valence-corrected chi connectivity index (χ0v) is 25.9. The van der Waals surface area contributed by atoms with Gasteiger partial charge in [0.05, 0.1) is 0 Å². The summed E-state index contributed by atoms with van der Waals surface area (Å²) in [5, 5.41) is 9.03. The molecule has 1 aliphatic carbocycles. The molecule has 1 N–H and O–H groups in total. The molecular formula is C46H31N. The van der Waals surface area contributed by atoms with Gasteiger partial charge in [-0.1, -0.05) is 146 Å². The molecule has 0 bridgehead atoms. The van der Waals surface area contributed by atoms with Crippen LogP contribution < -0.4 is 0 Å². The van der Waals surface area contributed by atoms with E-state index in [0.29, 0.717) is 0 Å². The molecule has 0 radical (unpaired) electrons. The minimum atomic E-state index is 1.06. The van der Waals surface area contributed by atoms with Gasteiger partial charge in [0, 0.05) is 22.2 Å². The molecule has 0 spiro atoms.